The minimum absolute atomic E-state index is 0.125. The van der Waals surface area contributed by atoms with Gasteiger partial charge < -0.3 is 5.32 Å². The average molecular weight is 373 g/mol. The number of nitrogens with zero attached hydrogens (tertiary/aromatic N) is 2. The zero-order chi connectivity index (χ0) is 13.3. The normalized spacial score (nSPS) is 12.7. The van der Waals surface area contributed by atoms with Crippen LogP contribution in [0, 0.1) is 6.92 Å². The predicted molar refractivity (Wildman–Crippen MR) is 80.7 cm³/mol. The van der Waals surface area contributed by atoms with Crippen LogP contribution in [0.3, 0.4) is 0 Å². The Labute approximate surface area is 124 Å². The minimum atomic E-state index is 0.125. The first-order valence-electron chi connectivity index (χ1n) is 5.65. The van der Waals surface area contributed by atoms with Gasteiger partial charge in [0.1, 0.15) is 0 Å². The fraction of sp³-hybridized carbons (Fsp3) is 0.308. The molecule has 1 unspecified atom stereocenters. The second kappa shape index (κ2) is 5.55. The molecule has 0 saturated carbocycles. The van der Waals surface area contributed by atoms with E-state index in [9.17, 15) is 0 Å². The lowest BCUT2D eigenvalue weighted by Crippen LogP contribution is -2.22. The Bertz CT molecular complexity index is 544. The smallest absolute Gasteiger partial charge is 0.0759 e. The van der Waals surface area contributed by atoms with Crippen LogP contribution in [0.15, 0.2) is 33.3 Å². The SMILES string of the molecule is CNC(c1ccc(Br)cc1C)c1c(Br)cnn1C. The quantitative estimate of drug-likeness (QED) is 0.892. The van der Waals surface area contributed by atoms with Crippen molar-refractivity contribution in [1.82, 2.24) is 15.1 Å². The number of hydrogen-bond acceptors (Lipinski definition) is 2. The highest BCUT2D eigenvalue weighted by molar-refractivity contribution is 9.10. The molecule has 1 aromatic carbocycles. The van der Waals surface area contributed by atoms with Crippen molar-refractivity contribution in [2.75, 3.05) is 7.05 Å². The van der Waals surface area contributed by atoms with Gasteiger partial charge in [-0.3, -0.25) is 4.68 Å². The van der Waals surface area contributed by atoms with Gasteiger partial charge in [-0.1, -0.05) is 22.0 Å². The van der Waals surface area contributed by atoms with Gasteiger partial charge in [-0.25, -0.2) is 0 Å². The summed E-state index contributed by atoms with van der Waals surface area (Å²) >= 11 is 7.06. The summed E-state index contributed by atoms with van der Waals surface area (Å²) in [6, 6.07) is 6.46. The summed E-state index contributed by atoms with van der Waals surface area (Å²) in [6.45, 7) is 2.12. The van der Waals surface area contributed by atoms with Gasteiger partial charge in [-0.15, -0.1) is 0 Å². The van der Waals surface area contributed by atoms with Crippen LogP contribution in [0.25, 0.3) is 0 Å². The number of rotatable bonds is 3. The van der Waals surface area contributed by atoms with Crippen LogP contribution in [0.4, 0.5) is 0 Å². The van der Waals surface area contributed by atoms with Gasteiger partial charge in [-0.05, 0) is 53.2 Å². The monoisotopic (exact) mass is 371 g/mol. The summed E-state index contributed by atoms with van der Waals surface area (Å²) in [5.74, 6) is 0. The highest BCUT2D eigenvalue weighted by Crippen LogP contribution is 2.30. The molecular weight excluding hydrogens is 358 g/mol. The highest BCUT2D eigenvalue weighted by Gasteiger charge is 2.20. The van der Waals surface area contributed by atoms with Crippen LogP contribution < -0.4 is 5.32 Å². The van der Waals surface area contributed by atoms with Crippen molar-refractivity contribution in [3.8, 4) is 0 Å². The molecule has 0 saturated heterocycles. The van der Waals surface area contributed by atoms with Crippen LogP contribution in [0.5, 0.6) is 0 Å². The van der Waals surface area contributed by atoms with Crippen molar-refractivity contribution in [1.29, 1.82) is 0 Å². The molecule has 0 amide bonds. The molecule has 0 aliphatic rings. The first-order chi connectivity index (χ1) is 8.54. The number of hydrogen-bond donors (Lipinski definition) is 1. The van der Waals surface area contributed by atoms with Gasteiger partial charge >= 0.3 is 0 Å². The third-order valence-electron chi connectivity index (χ3n) is 3.04. The number of aromatic nitrogens is 2. The lowest BCUT2D eigenvalue weighted by atomic mass is 9.99. The van der Waals surface area contributed by atoms with Gasteiger partial charge in [0.15, 0.2) is 0 Å². The molecule has 5 heteroatoms. The molecule has 1 N–H and O–H groups in total. The highest BCUT2D eigenvalue weighted by atomic mass is 79.9. The predicted octanol–water partition coefficient (Wildman–Crippen LogP) is 3.56. The summed E-state index contributed by atoms with van der Waals surface area (Å²) < 4.78 is 4.02. The molecule has 0 radical (unpaired) electrons. The molecule has 0 aliphatic heterocycles. The first-order valence-corrected chi connectivity index (χ1v) is 7.24. The molecule has 96 valence electrons. The second-order valence-corrected chi connectivity index (χ2v) is 5.99. The van der Waals surface area contributed by atoms with E-state index < -0.39 is 0 Å². The van der Waals surface area contributed by atoms with E-state index in [4.69, 9.17) is 0 Å². The van der Waals surface area contributed by atoms with Gasteiger partial charge in [0.2, 0.25) is 0 Å². The molecule has 1 atom stereocenters. The largest absolute Gasteiger partial charge is 0.308 e. The summed E-state index contributed by atoms with van der Waals surface area (Å²) in [5, 5.41) is 7.63. The molecule has 1 heterocycles. The van der Waals surface area contributed by atoms with Gasteiger partial charge in [0.05, 0.1) is 22.4 Å². The van der Waals surface area contributed by atoms with Crippen molar-refractivity contribution < 1.29 is 0 Å². The standard InChI is InChI=1S/C13H15Br2N3/c1-8-6-9(14)4-5-10(8)12(16-2)13-11(15)7-17-18(13)3/h4-7,12,16H,1-3H3. The zero-order valence-corrected chi connectivity index (χ0v) is 13.7. The average Bonchev–Trinajstić information content (AvgIpc) is 2.64. The Morgan fingerprint density at radius 3 is 2.56 bits per heavy atom. The molecule has 0 bridgehead atoms. The third kappa shape index (κ3) is 2.53. The van der Waals surface area contributed by atoms with E-state index >= 15 is 0 Å². The summed E-state index contributed by atoms with van der Waals surface area (Å²) in [6.07, 6.45) is 1.83. The van der Waals surface area contributed by atoms with Gasteiger partial charge in [0.25, 0.3) is 0 Å². The minimum Gasteiger partial charge on any atom is -0.308 e. The summed E-state index contributed by atoms with van der Waals surface area (Å²) in [7, 11) is 3.92. The van der Waals surface area contributed by atoms with E-state index in [1.807, 2.05) is 25.0 Å². The van der Waals surface area contributed by atoms with Crippen LogP contribution in [-0.4, -0.2) is 16.8 Å². The van der Waals surface area contributed by atoms with E-state index in [0.717, 1.165) is 14.6 Å². The number of halogens is 2. The van der Waals surface area contributed by atoms with Gasteiger partial charge in [-0.2, -0.15) is 5.10 Å². The Kier molecular flexibility index (Phi) is 4.25. The number of nitrogens with one attached hydrogen (secondary N) is 1. The molecular formula is C13H15Br2N3. The van der Waals surface area contributed by atoms with E-state index in [-0.39, 0.29) is 6.04 Å². The molecule has 0 aliphatic carbocycles. The molecule has 3 nitrogen and oxygen atoms in total. The lowest BCUT2D eigenvalue weighted by molar-refractivity contribution is 0.601. The van der Waals surface area contributed by atoms with Crippen molar-refractivity contribution in [3.05, 3.63) is 50.2 Å². The Hall–Kier alpha value is -0.650. The van der Waals surface area contributed by atoms with Crippen molar-refractivity contribution in [3.63, 3.8) is 0 Å². The third-order valence-corrected chi connectivity index (χ3v) is 4.15. The topological polar surface area (TPSA) is 29.9 Å². The fourth-order valence-corrected chi connectivity index (χ4v) is 3.20. The van der Waals surface area contributed by atoms with Crippen LogP contribution >= 0.6 is 31.9 Å². The fourth-order valence-electron chi connectivity index (χ4n) is 2.15. The Morgan fingerprint density at radius 2 is 2.06 bits per heavy atom. The maximum Gasteiger partial charge on any atom is 0.0759 e. The number of benzene rings is 1. The number of aryl methyl sites for hydroxylation is 2. The Morgan fingerprint density at radius 1 is 1.33 bits per heavy atom. The molecule has 0 fully saturated rings. The van der Waals surface area contributed by atoms with E-state index in [1.54, 1.807) is 0 Å². The van der Waals surface area contributed by atoms with Crippen LogP contribution in [0.1, 0.15) is 22.9 Å². The van der Waals surface area contributed by atoms with Crippen molar-refractivity contribution in [2.45, 2.75) is 13.0 Å². The molecule has 0 spiro atoms. The van der Waals surface area contributed by atoms with Gasteiger partial charge in [0, 0.05) is 11.5 Å². The second-order valence-electron chi connectivity index (χ2n) is 4.22. The first kappa shape index (κ1) is 13.8. The van der Waals surface area contributed by atoms with Crippen LogP contribution in [-0.2, 0) is 7.05 Å². The van der Waals surface area contributed by atoms with Crippen LogP contribution in [0.2, 0.25) is 0 Å². The van der Waals surface area contributed by atoms with Crippen molar-refractivity contribution in [2.24, 2.45) is 7.05 Å². The van der Waals surface area contributed by atoms with E-state index in [1.165, 1.54) is 11.1 Å². The van der Waals surface area contributed by atoms with E-state index in [2.05, 4.69) is 67.4 Å². The lowest BCUT2D eigenvalue weighted by Gasteiger charge is -2.20. The Balaban J connectivity index is 2.52. The van der Waals surface area contributed by atoms with Crippen molar-refractivity contribution >= 4 is 31.9 Å². The van der Waals surface area contributed by atoms with E-state index in [0.29, 0.717) is 0 Å². The molecule has 1 aromatic heterocycles. The maximum atomic E-state index is 4.28. The molecule has 2 rings (SSSR count). The summed E-state index contributed by atoms with van der Waals surface area (Å²) in [5.41, 5.74) is 3.63. The maximum absolute atomic E-state index is 4.28. The zero-order valence-electron chi connectivity index (χ0n) is 10.5. The molecule has 2 aromatic rings. The summed E-state index contributed by atoms with van der Waals surface area (Å²) in [4.78, 5) is 0. The molecule has 18 heavy (non-hydrogen) atoms.